The van der Waals surface area contributed by atoms with Gasteiger partial charge in [-0.3, -0.25) is 15.2 Å². The summed E-state index contributed by atoms with van der Waals surface area (Å²) in [5.41, 5.74) is 1.84. The van der Waals surface area contributed by atoms with Gasteiger partial charge in [-0.2, -0.15) is 23.1 Å². The molecule has 26 heavy (non-hydrogen) atoms. The van der Waals surface area contributed by atoms with Crippen LogP contribution in [0.3, 0.4) is 0 Å². The molecular weight excluding hydrogens is 373 g/mol. The molecule has 13 heteroatoms. The number of nitrogens with one attached hydrogen (secondary N) is 2. The molecule has 0 atom stereocenters. The van der Waals surface area contributed by atoms with Crippen molar-refractivity contribution in [2.75, 3.05) is 11.6 Å². The highest BCUT2D eigenvalue weighted by Crippen LogP contribution is 2.26. The van der Waals surface area contributed by atoms with E-state index in [1.54, 1.807) is 18.9 Å². The van der Waals surface area contributed by atoms with Gasteiger partial charge in [0, 0.05) is 17.0 Å². The number of aromatic nitrogens is 7. The van der Waals surface area contributed by atoms with Crippen LogP contribution in [0.2, 0.25) is 0 Å². The van der Waals surface area contributed by atoms with Crippen molar-refractivity contribution in [3.05, 3.63) is 22.8 Å². The molecule has 3 heterocycles. The summed E-state index contributed by atoms with van der Waals surface area (Å²) < 4.78 is 39.0. The maximum absolute atomic E-state index is 12.5. The fourth-order valence-corrected chi connectivity index (χ4v) is 2.64. The zero-order valence-corrected chi connectivity index (χ0v) is 14.7. The van der Waals surface area contributed by atoms with E-state index in [1.807, 2.05) is 6.26 Å². The minimum atomic E-state index is -4.67. The quantitative estimate of drug-likeness (QED) is 0.657. The summed E-state index contributed by atoms with van der Waals surface area (Å²) in [6.07, 6.45) is -2.96. The van der Waals surface area contributed by atoms with Gasteiger partial charge in [0.15, 0.2) is 0 Å². The lowest BCUT2D eigenvalue weighted by Crippen LogP contribution is -2.18. The first-order valence-electron chi connectivity index (χ1n) is 7.25. The fraction of sp³-hybridized carbons (Fsp3) is 0.385. The highest BCUT2D eigenvalue weighted by atomic mass is 32.2. The van der Waals surface area contributed by atoms with Crippen LogP contribution in [0, 0.1) is 13.8 Å². The lowest BCUT2D eigenvalue weighted by atomic mass is 10.1. The van der Waals surface area contributed by atoms with Crippen molar-refractivity contribution in [3.8, 4) is 0 Å². The number of halogens is 3. The van der Waals surface area contributed by atoms with Gasteiger partial charge in [0.1, 0.15) is 0 Å². The smallest absolute Gasteiger partial charge is 0.293 e. The first-order chi connectivity index (χ1) is 12.2. The van der Waals surface area contributed by atoms with Gasteiger partial charge in [0.2, 0.25) is 22.8 Å². The molecular formula is C13H13F3N8OS. The van der Waals surface area contributed by atoms with Gasteiger partial charge in [0.25, 0.3) is 5.78 Å². The van der Waals surface area contributed by atoms with Crippen LogP contribution in [0.5, 0.6) is 0 Å². The summed E-state index contributed by atoms with van der Waals surface area (Å²) in [5, 5.41) is 12.1. The highest BCUT2D eigenvalue weighted by Gasteiger charge is 2.35. The predicted octanol–water partition coefficient (Wildman–Crippen LogP) is 1.78. The Morgan fingerprint density at radius 1 is 1.27 bits per heavy atom. The number of carbonyl (C=O) groups excluding carboxylic acids is 1. The molecule has 0 aliphatic heterocycles. The molecule has 0 aliphatic rings. The van der Waals surface area contributed by atoms with E-state index in [0.29, 0.717) is 27.9 Å². The van der Waals surface area contributed by atoms with Crippen molar-refractivity contribution in [2.45, 2.75) is 31.6 Å². The Kier molecular flexibility index (Phi) is 4.56. The number of carbonyl (C=O) groups is 1. The second kappa shape index (κ2) is 6.55. The van der Waals surface area contributed by atoms with Crippen LogP contribution in [0.15, 0.2) is 5.16 Å². The Labute approximate surface area is 148 Å². The number of nitrogens with zero attached hydrogens (tertiary/aromatic N) is 6. The third-order valence-corrected chi connectivity index (χ3v) is 4.09. The second-order valence-corrected chi connectivity index (χ2v) is 6.08. The Morgan fingerprint density at radius 3 is 2.62 bits per heavy atom. The van der Waals surface area contributed by atoms with Gasteiger partial charge in [-0.05, 0) is 20.1 Å². The van der Waals surface area contributed by atoms with Gasteiger partial charge in [0.05, 0.1) is 6.42 Å². The number of amides is 1. The molecule has 0 fully saturated rings. The molecule has 0 unspecified atom stereocenters. The minimum absolute atomic E-state index is 0.120. The number of hydrogen-bond donors (Lipinski definition) is 2. The number of alkyl halides is 3. The molecule has 9 nitrogen and oxygen atoms in total. The summed E-state index contributed by atoms with van der Waals surface area (Å²) >= 11 is 1.36. The number of H-pyrrole nitrogens is 1. The summed E-state index contributed by atoms with van der Waals surface area (Å²) in [4.78, 5) is 23.9. The van der Waals surface area contributed by atoms with Crippen molar-refractivity contribution < 1.29 is 18.0 Å². The van der Waals surface area contributed by atoms with Crippen molar-refractivity contribution >= 4 is 29.4 Å². The highest BCUT2D eigenvalue weighted by molar-refractivity contribution is 7.98. The van der Waals surface area contributed by atoms with Gasteiger partial charge in [-0.15, -0.1) is 10.2 Å². The number of thioether (sulfide) groups is 1. The first kappa shape index (κ1) is 18.1. The number of anilines is 1. The first-order valence-corrected chi connectivity index (χ1v) is 8.47. The SMILES string of the molecule is CSc1nc2nc(C)c(CC(=O)Nc3n[nH]c(C(F)(F)F)n3)c(C)n2n1. The molecule has 2 N–H and O–H groups in total. The Morgan fingerprint density at radius 2 is 2.00 bits per heavy atom. The van der Waals surface area contributed by atoms with E-state index < -0.39 is 23.9 Å². The maximum atomic E-state index is 12.5. The van der Waals surface area contributed by atoms with Crippen LogP contribution in [0.1, 0.15) is 22.8 Å². The minimum Gasteiger partial charge on any atom is -0.293 e. The number of aromatic amines is 1. The second-order valence-electron chi connectivity index (χ2n) is 5.30. The van der Waals surface area contributed by atoms with Crippen LogP contribution in [-0.4, -0.2) is 46.9 Å². The van der Waals surface area contributed by atoms with E-state index in [1.165, 1.54) is 16.3 Å². The summed E-state index contributed by atoms with van der Waals surface area (Å²) in [7, 11) is 0. The normalized spacial score (nSPS) is 11.9. The molecule has 3 aromatic heterocycles. The molecule has 138 valence electrons. The molecule has 3 rings (SSSR count). The Balaban J connectivity index is 1.82. The lowest BCUT2D eigenvalue weighted by molar-refractivity contribution is -0.144. The van der Waals surface area contributed by atoms with Gasteiger partial charge < -0.3 is 0 Å². The number of fused-ring (bicyclic) bond motifs is 1. The van der Waals surface area contributed by atoms with Crippen LogP contribution < -0.4 is 5.32 Å². The molecule has 0 saturated carbocycles. The molecule has 0 aliphatic carbocycles. The Hall–Kier alpha value is -2.70. The Bertz CT molecular complexity index is 980. The summed E-state index contributed by atoms with van der Waals surface area (Å²) in [6, 6.07) is 0. The zero-order valence-electron chi connectivity index (χ0n) is 13.8. The van der Waals surface area contributed by atoms with Gasteiger partial charge in [-0.25, -0.2) is 9.50 Å². The number of hydrogen-bond acceptors (Lipinski definition) is 7. The third-order valence-electron chi connectivity index (χ3n) is 3.55. The van der Waals surface area contributed by atoms with E-state index >= 15 is 0 Å². The van der Waals surface area contributed by atoms with Crippen LogP contribution in [0.4, 0.5) is 19.1 Å². The van der Waals surface area contributed by atoms with Crippen molar-refractivity contribution in [1.29, 1.82) is 0 Å². The summed E-state index contributed by atoms with van der Waals surface area (Å²) in [6.45, 7) is 3.48. The lowest BCUT2D eigenvalue weighted by Gasteiger charge is -2.09. The van der Waals surface area contributed by atoms with E-state index in [4.69, 9.17) is 0 Å². The largest absolute Gasteiger partial charge is 0.451 e. The number of rotatable bonds is 4. The van der Waals surface area contributed by atoms with Crippen molar-refractivity contribution in [3.63, 3.8) is 0 Å². The van der Waals surface area contributed by atoms with E-state index in [0.717, 1.165) is 0 Å². The van der Waals surface area contributed by atoms with Gasteiger partial charge >= 0.3 is 6.18 Å². The van der Waals surface area contributed by atoms with Crippen molar-refractivity contribution in [2.24, 2.45) is 0 Å². The standard InChI is InChI=1S/C13H13F3N8OS/c1-5-7(6(2)24-11(17-5)20-12(23-24)26-3)4-8(25)18-10-19-9(21-22-10)13(14,15)16/h4H2,1-3H3,(H2,18,19,21,22,25). The maximum Gasteiger partial charge on any atom is 0.451 e. The fourth-order valence-electron chi connectivity index (χ4n) is 2.31. The topological polar surface area (TPSA) is 114 Å². The van der Waals surface area contributed by atoms with Crippen LogP contribution in [0.25, 0.3) is 5.78 Å². The van der Waals surface area contributed by atoms with Crippen molar-refractivity contribution in [1.82, 2.24) is 34.8 Å². The molecule has 0 saturated heterocycles. The molecule has 0 radical (unpaired) electrons. The number of aryl methyl sites for hydroxylation is 2. The van der Waals surface area contributed by atoms with E-state index in [-0.39, 0.29) is 6.42 Å². The van der Waals surface area contributed by atoms with Gasteiger partial charge in [-0.1, -0.05) is 11.8 Å². The zero-order chi connectivity index (χ0) is 19.1. The molecule has 0 spiro atoms. The van der Waals surface area contributed by atoms with E-state index in [9.17, 15) is 18.0 Å². The summed E-state index contributed by atoms with van der Waals surface area (Å²) in [5.74, 6) is -1.89. The average molecular weight is 386 g/mol. The molecule has 0 aromatic carbocycles. The molecule has 0 bridgehead atoms. The monoisotopic (exact) mass is 386 g/mol. The van der Waals surface area contributed by atoms with Crippen LogP contribution in [-0.2, 0) is 17.4 Å². The van der Waals surface area contributed by atoms with E-state index in [2.05, 4.69) is 30.5 Å². The third kappa shape index (κ3) is 3.47. The van der Waals surface area contributed by atoms with Crippen LogP contribution >= 0.6 is 11.8 Å². The molecule has 3 aromatic rings. The average Bonchev–Trinajstić information content (AvgIpc) is 3.17. The predicted molar refractivity (Wildman–Crippen MR) is 85.8 cm³/mol. The molecule has 1 amide bonds.